The Hall–Kier alpha value is -1.57. The van der Waals surface area contributed by atoms with Gasteiger partial charge in [-0.3, -0.25) is 9.48 Å². The van der Waals surface area contributed by atoms with Crippen LogP contribution in [0.25, 0.3) is 0 Å². The molecule has 6 nitrogen and oxygen atoms in total. The Bertz CT molecular complexity index is 1050. The molecule has 0 bridgehead atoms. The van der Waals surface area contributed by atoms with E-state index in [-0.39, 0.29) is 55.2 Å². The number of furan rings is 1. The molecular weight excluding hydrogens is 495 g/mol. The van der Waals surface area contributed by atoms with E-state index in [1.807, 2.05) is 24.6 Å². The third-order valence-electron chi connectivity index (χ3n) is 4.25. The van der Waals surface area contributed by atoms with Crippen LogP contribution in [0.2, 0.25) is 25.1 Å². The number of amides is 1. The van der Waals surface area contributed by atoms with Crippen LogP contribution in [0.4, 0.5) is 0 Å². The molecule has 1 amide bonds. The maximum Gasteiger partial charge on any atom is 0.287 e. The lowest BCUT2D eigenvalue weighted by molar-refractivity contribution is 0.0906. The summed E-state index contributed by atoms with van der Waals surface area (Å²) in [6.07, 6.45) is 1.69. The summed E-state index contributed by atoms with van der Waals surface area (Å²) < 4.78 is 13.0. The Morgan fingerprint density at radius 3 is 2.37 bits per heavy atom. The number of carbonyl (C=O) groups excluding carboxylic acids is 1. The van der Waals surface area contributed by atoms with Crippen molar-refractivity contribution in [2.75, 3.05) is 0 Å². The molecule has 1 atom stereocenters. The van der Waals surface area contributed by atoms with E-state index in [4.69, 9.17) is 67.2 Å². The molecule has 3 aromatic rings. The highest BCUT2D eigenvalue weighted by atomic mass is 35.5. The van der Waals surface area contributed by atoms with Gasteiger partial charge in [-0.1, -0.05) is 58.0 Å². The maximum absolute atomic E-state index is 12.5. The minimum atomic E-state index is -0.369. The maximum atomic E-state index is 12.5. The van der Waals surface area contributed by atoms with Gasteiger partial charge in [0, 0.05) is 12.7 Å². The molecule has 0 saturated heterocycles. The quantitative estimate of drug-likeness (QED) is 0.279. The molecule has 2 heterocycles. The fourth-order valence-corrected chi connectivity index (χ4v) is 3.98. The minimum Gasteiger partial charge on any atom is -0.482 e. The van der Waals surface area contributed by atoms with Gasteiger partial charge in [0.15, 0.2) is 11.5 Å². The summed E-state index contributed by atoms with van der Waals surface area (Å²) in [6.45, 7) is 4.49. The van der Waals surface area contributed by atoms with E-state index in [9.17, 15) is 4.79 Å². The molecule has 3 rings (SSSR count). The summed E-state index contributed by atoms with van der Waals surface area (Å²) in [7, 11) is 0. The number of benzene rings is 1. The summed E-state index contributed by atoms with van der Waals surface area (Å²) in [5.74, 6) is 0.209. The van der Waals surface area contributed by atoms with Gasteiger partial charge in [0.25, 0.3) is 5.91 Å². The number of nitrogens with one attached hydrogen (secondary N) is 1. The number of halogens is 5. The number of carbonyl (C=O) groups is 1. The Balaban J connectivity index is 1.68. The SMILES string of the molecule is CCn1nccc1C(C)NC(=O)c1ccc(COc2c(Cl)c(Cl)c(Cl)c(Cl)c2Cl)o1. The third kappa shape index (κ3) is 4.68. The van der Waals surface area contributed by atoms with Crippen LogP contribution in [-0.2, 0) is 13.2 Å². The largest absolute Gasteiger partial charge is 0.482 e. The van der Waals surface area contributed by atoms with Crippen molar-refractivity contribution in [2.45, 2.75) is 33.0 Å². The number of aromatic nitrogens is 2. The molecule has 0 saturated carbocycles. The predicted molar refractivity (Wildman–Crippen MR) is 118 cm³/mol. The molecule has 1 aromatic carbocycles. The molecule has 1 N–H and O–H groups in total. The number of hydrogen-bond donors (Lipinski definition) is 1. The summed E-state index contributed by atoms with van der Waals surface area (Å²) in [5.41, 5.74) is 0.891. The van der Waals surface area contributed by atoms with Gasteiger partial charge in [0.1, 0.15) is 22.4 Å². The highest BCUT2D eigenvalue weighted by molar-refractivity contribution is 6.55. The van der Waals surface area contributed by atoms with Crippen LogP contribution in [0.3, 0.4) is 0 Å². The first kappa shape index (κ1) is 23.1. The second-order valence-corrected chi connectivity index (χ2v) is 8.11. The van der Waals surface area contributed by atoms with Crippen LogP contribution in [-0.4, -0.2) is 15.7 Å². The van der Waals surface area contributed by atoms with Crippen LogP contribution >= 0.6 is 58.0 Å². The first-order valence-corrected chi connectivity index (χ1v) is 10.7. The Morgan fingerprint density at radius 2 is 1.73 bits per heavy atom. The molecule has 0 aliphatic rings. The van der Waals surface area contributed by atoms with Crippen LogP contribution < -0.4 is 10.1 Å². The van der Waals surface area contributed by atoms with Gasteiger partial charge in [0.2, 0.25) is 0 Å². The Kier molecular flexibility index (Phi) is 7.47. The van der Waals surface area contributed by atoms with Crippen molar-refractivity contribution in [2.24, 2.45) is 0 Å². The smallest absolute Gasteiger partial charge is 0.287 e. The number of nitrogens with zero attached hydrogens (tertiary/aromatic N) is 2. The first-order valence-electron chi connectivity index (χ1n) is 8.80. The molecule has 11 heteroatoms. The fraction of sp³-hybridized carbons (Fsp3) is 0.263. The molecule has 160 valence electrons. The zero-order valence-electron chi connectivity index (χ0n) is 15.8. The molecule has 2 aromatic heterocycles. The van der Waals surface area contributed by atoms with Crippen molar-refractivity contribution < 1.29 is 13.9 Å². The summed E-state index contributed by atoms with van der Waals surface area (Å²) in [4.78, 5) is 12.5. The van der Waals surface area contributed by atoms with Crippen LogP contribution in [0, 0.1) is 0 Å². The number of ether oxygens (including phenoxy) is 1. The molecule has 0 spiro atoms. The molecule has 30 heavy (non-hydrogen) atoms. The number of hydrogen-bond acceptors (Lipinski definition) is 4. The summed E-state index contributed by atoms with van der Waals surface area (Å²) in [5, 5.41) is 7.23. The first-order chi connectivity index (χ1) is 14.2. The Labute approximate surface area is 197 Å². The third-order valence-corrected chi connectivity index (χ3v) is 6.50. The lowest BCUT2D eigenvalue weighted by Crippen LogP contribution is -2.28. The average molecular weight is 512 g/mol. The van der Waals surface area contributed by atoms with E-state index in [0.717, 1.165) is 5.69 Å². The van der Waals surface area contributed by atoms with E-state index in [1.165, 1.54) is 0 Å². The van der Waals surface area contributed by atoms with E-state index >= 15 is 0 Å². The van der Waals surface area contributed by atoms with Crippen LogP contribution in [0.1, 0.15) is 41.9 Å². The summed E-state index contributed by atoms with van der Waals surface area (Å²) in [6, 6.07) is 4.76. The predicted octanol–water partition coefficient (Wildman–Crippen LogP) is 6.83. The average Bonchev–Trinajstić information content (AvgIpc) is 3.40. The van der Waals surface area contributed by atoms with E-state index in [0.29, 0.717) is 12.3 Å². The topological polar surface area (TPSA) is 69.3 Å². The van der Waals surface area contributed by atoms with Crippen molar-refractivity contribution in [3.8, 4) is 5.75 Å². The number of aryl methyl sites for hydroxylation is 1. The van der Waals surface area contributed by atoms with E-state index < -0.39 is 0 Å². The monoisotopic (exact) mass is 509 g/mol. The van der Waals surface area contributed by atoms with Gasteiger partial charge >= 0.3 is 0 Å². The normalized spacial score (nSPS) is 12.1. The minimum absolute atomic E-state index is 0.0296. The molecule has 0 fully saturated rings. The zero-order valence-corrected chi connectivity index (χ0v) is 19.6. The molecule has 0 aliphatic carbocycles. The van der Waals surface area contributed by atoms with Crippen LogP contribution in [0.5, 0.6) is 5.75 Å². The summed E-state index contributed by atoms with van der Waals surface area (Å²) >= 11 is 30.3. The van der Waals surface area contributed by atoms with Crippen molar-refractivity contribution in [1.82, 2.24) is 15.1 Å². The Morgan fingerprint density at radius 1 is 1.10 bits per heavy atom. The van der Waals surface area contributed by atoms with Gasteiger partial charge < -0.3 is 14.5 Å². The standard InChI is InChI=1S/C19H16Cl5N3O3/c1-3-27-11(6-7-25-27)9(2)26-19(28)12-5-4-10(30-12)8-29-18-16(23)14(21)13(20)15(22)17(18)24/h4-7,9H,3,8H2,1-2H3,(H,26,28). The van der Waals surface area contributed by atoms with Crippen molar-refractivity contribution >= 4 is 63.9 Å². The van der Waals surface area contributed by atoms with Gasteiger partial charge in [-0.25, -0.2) is 0 Å². The second-order valence-electron chi connectivity index (χ2n) is 6.22. The lowest BCUT2D eigenvalue weighted by Gasteiger charge is -2.14. The lowest BCUT2D eigenvalue weighted by atomic mass is 10.2. The van der Waals surface area contributed by atoms with E-state index in [1.54, 1.807) is 18.3 Å². The molecule has 0 radical (unpaired) electrons. The van der Waals surface area contributed by atoms with Gasteiger partial charge in [-0.05, 0) is 32.0 Å². The van der Waals surface area contributed by atoms with Gasteiger partial charge in [-0.2, -0.15) is 5.10 Å². The van der Waals surface area contributed by atoms with Crippen molar-refractivity contribution in [1.29, 1.82) is 0 Å². The van der Waals surface area contributed by atoms with Gasteiger partial charge in [-0.15, -0.1) is 0 Å². The zero-order chi connectivity index (χ0) is 22.0. The highest BCUT2D eigenvalue weighted by Crippen LogP contribution is 2.48. The van der Waals surface area contributed by atoms with Crippen LogP contribution in [0.15, 0.2) is 28.8 Å². The fourth-order valence-electron chi connectivity index (χ4n) is 2.75. The second kappa shape index (κ2) is 9.71. The molecule has 0 aliphatic heterocycles. The highest BCUT2D eigenvalue weighted by Gasteiger charge is 2.22. The molecule has 1 unspecified atom stereocenters. The van der Waals surface area contributed by atoms with E-state index in [2.05, 4.69) is 10.4 Å². The van der Waals surface area contributed by atoms with Gasteiger partial charge in [0.05, 0.1) is 26.8 Å². The molecular formula is C19H16Cl5N3O3. The number of rotatable bonds is 7. The van der Waals surface area contributed by atoms with Crippen molar-refractivity contribution in [3.63, 3.8) is 0 Å². The van der Waals surface area contributed by atoms with Crippen molar-refractivity contribution in [3.05, 3.63) is 66.7 Å².